The number of nitrogens with two attached hydrogens (primary N) is 1. The molecular weight excluding hydrogens is 226 g/mol. The molecule has 0 amide bonds. The second kappa shape index (κ2) is 6.41. The van der Waals surface area contributed by atoms with Crippen LogP contribution in [0, 0.1) is 0 Å². The van der Waals surface area contributed by atoms with Gasteiger partial charge in [0.25, 0.3) is 0 Å². The molecule has 0 aromatic heterocycles. The van der Waals surface area contributed by atoms with Crippen LogP contribution in [-0.2, 0) is 6.42 Å². The van der Waals surface area contributed by atoms with Crippen molar-refractivity contribution in [1.29, 1.82) is 0 Å². The fourth-order valence-corrected chi connectivity index (χ4v) is 2.17. The van der Waals surface area contributed by atoms with Gasteiger partial charge in [-0.05, 0) is 29.4 Å². The number of halogens is 1. The highest BCUT2D eigenvalue weighted by atomic mass is 35.5. The van der Waals surface area contributed by atoms with E-state index in [4.69, 9.17) is 17.3 Å². The maximum absolute atomic E-state index is 6.04. The van der Waals surface area contributed by atoms with Crippen molar-refractivity contribution in [2.45, 2.75) is 31.6 Å². The van der Waals surface area contributed by atoms with Gasteiger partial charge in [-0.3, -0.25) is 0 Å². The standard InChI is InChI=1S/C12H18ClNS/c1-9(2)15-8-12(14)7-10-3-5-11(13)6-4-10/h3-6,9,12H,7-8,14H2,1-2H3. The second-order valence-electron chi connectivity index (χ2n) is 3.97. The minimum absolute atomic E-state index is 0.235. The molecule has 2 N–H and O–H groups in total. The first-order chi connectivity index (χ1) is 7.08. The fourth-order valence-electron chi connectivity index (χ4n) is 1.30. The van der Waals surface area contributed by atoms with E-state index in [1.165, 1.54) is 5.56 Å². The van der Waals surface area contributed by atoms with Gasteiger partial charge in [0.2, 0.25) is 0 Å². The van der Waals surface area contributed by atoms with Crippen molar-refractivity contribution in [3.05, 3.63) is 34.9 Å². The Bertz CT molecular complexity index is 284. The van der Waals surface area contributed by atoms with Crippen LogP contribution in [0.1, 0.15) is 19.4 Å². The summed E-state index contributed by atoms with van der Waals surface area (Å²) in [5, 5.41) is 1.44. The normalized spacial score (nSPS) is 13.1. The highest BCUT2D eigenvalue weighted by molar-refractivity contribution is 7.99. The lowest BCUT2D eigenvalue weighted by atomic mass is 10.1. The van der Waals surface area contributed by atoms with E-state index in [2.05, 4.69) is 13.8 Å². The summed E-state index contributed by atoms with van der Waals surface area (Å²) in [6.45, 7) is 4.39. The average Bonchev–Trinajstić information content (AvgIpc) is 2.19. The number of rotatable bonds is 5. The fraction of sp³-hybridized carbons (Fsp3) is 0.500. The van der Waals surface area contributed by atoms with Gasteiger partial charge in [-0.1, -0.05) is 37.6 Å². The Hall–Kier alpha value is -0.180. The van der Waals surface area contributed by atoms with E-state index in [-0.39, 0.29) is 6.04 Å². The third-order valence-corrected chi connectivity index (χ3v) is 3.59. The molecule has 1 aromatic carbocycles. The molecule has 0 aliphatic carbocycles. The molecule has 3 heteroatoms. The summed E-state index contributed by atoms with van der Waals surface area (Å²) >= 11 is 7.73. The lowest BCUT2D eigenvalue weighted by Crippen LogP contribution is -2.26. The molecule has 1 unspecified atom stereocenters. The van der Waals surface area contributed by atoms with Crippen LogP contribution >= 0.6 is 23.4 Å². The zero-order valence-electron chi connectivity index (χ0n) is 9.24. The first kappa shape index (κ1) is 12.9. The summed E-state index contributed by atoms with van der Waals surface area (Å²) in [6, 6.07) is 8.15. The summed E-state index contributed by atoms with van der Waals surface area (Å²) in [4.78, 5) is 0. The van der Waals surface area contributed by atoms with Crippen molar-refractivity contribution in [2.24, 2.45) is 5.73 Å². The van der Waals surface area contributed by atoms with Crippen molar-refractivity contribution >= 4 is 23.4 Å². The summed E-state index contributed by atoms with van der Waals surface area (Å²) in [7, 11) is 0. The zero-order valence-corrected chi connectivity index (χ0v) is 10.8. The van der Waals surface area contributed by atoms with E-state index < -0.39 is 0 Å². The molecule has 1 aromatic rings. The van der Waals surface area contributed by atoms with Gasteiger partial charge in [0, 0.05) is 16.8 Å². The van der Waals surface area contributed by atoms with E-state index in [0.717, 1.165) is 17.2 Å². The van der Waals surface area contributed by atoms with E-state index in [1.54, 1.807) is 0 Å². The van der Waals surface area contributed by atoms with Gasteiger partial charge in [0.05, 0.1) is 0 Å². The van der Waals surface area contributed by atoms with E-state index >= 15 is 0 Å². The van der Waals surface area contributed by atoms with Crippen molar-refractivity contribution in [1.82, 2.24) is 0 Å². The Morgan fingerprint density at radius 1 is 1.27 bits per heavy atom. The molecule has 0 bridgehead atoms. The third kappa shape index (κ3) is 5.45. The molecule has 1 nitrogen and oxygen atoms in total. The third-order valence-electron chi connectivity index (χ3n) is 2.05. The average molecular weight is 244 g/mol. The monoisotopic (exact) mass is 243 g/mol. The largest absolute Gasteiger partial charge is 0.327 e. The van der Waals surface area contributed by atoms with E-state index in [9.17, 15) is 0 Å². The Morgan fingerprint density at radius 3 is 2.40 bits per heavy atom. The van der Waals surface area contributed by atoms with Gasteiger partial charge < -0.3 is 5.73 Å². The van der Waals surface area contributed by atoms with Crippen molar-refractivity contribution in [2.75, 3.05) is 5.75 Å². The highest BCUT2D eigenvalue weighted by Crippen LogP contribution is 2.14. The second-order valence-corrected chi connectivity index (χ2v) is 6.02. The van der Waals surface area contributed by atoms with Crippen molar-refractivity contribution in [3.63, 3.8) is 0 Å². The van der Waals surface area contributed by atoms with Crippen LogP contribution < -0.4 is 5.73 Å². The topological polar surface area (TPSA) is 26.0 Å². The molecule has 0 saturated carbocycles. The van der Waals surface area contributed by atoms with Crippen LogP contribution in [0.25, 0.3) is 0 Å². The van der Waals surface area contributed by atoms with Gasteiger partial charge in [-0.25, -0.2) is 0 Å². The summed E-state index contributed by atoms with van der Waals surface area (Å²) in [5.41, 5.74) is 7.30. The first-order valence-electron chi connectivity index (χ1n) is 5.19. The Morgan fingerprint density at radius 2 is 1.87 bits per heavy atom. The lowest BCUT2D eigenvalue weighted by molar-refractivity contribution is 0.747. The molecule has 0 spiro atoms. The SMILES string of the molecule is CC(C)SCC(N)Cc1ccc(Cl)cc1. The predicted octanol–water partition coefficient (Wildman–Crippen LogP) is 3.35. The molecule has 1 atom stereocenters. The maximum Gasteiger partial charge on any atom is 0.0406 e. The minimum Gasteiger partial charge on any atom is -0.327 e. The quantitative estimate of drug-likeness (QED) is 0.859. The van der Waals surface area contributed by atoms with Gasteiger partial charge in [0.15, 0.2) is 0 Å². The van der Waals surface area contributed by atoms with Crippen LogP contribution in [-0.4, -0.2) is 17.0 Å². The van der Waals surface area contributed by atoms with Crippen LogP contribution in [0.3, 0.4) is 0 Å². The van der Waals surface area contributed by atoms with Crippen LogP contribution in [0.2, 0.25) is 5.02 Å². The number of thioether (sulfide) groups is 1. The Balaban J connectivity index is 2.37. The van der Waals surface area contributed by atoms with Gasteiger partial charge in [-0.15, -0.1) is 0 Å². The maximum atomic E-state index is 6.04. The van der Waals surface area contributed by atoms with Crippen molar-refractivity contribution < 1.29 is 0 Å². The van der Waals surface area contributed by atoms with Gasteiger partial charge >= 0.3 is 0 Å². The van der Waals surface area contributed by atoms with Crippen LogP contribution in [0.5, 0.6) is 0 Å². The molecule has 0 radical (unpaired) electrons. The molecular formula is C12H18ClNS. The molecule has 0 aliphatic heterocycles. The number of hydrogen-bond acceptors (Lipinski definition) is 2. The van der Waals surface area contributed by atoms with Crippen molar-refractivity contribution in [3.8, 4) is 0 Å². The molecule has 15 heavy (non-hydrogen) atoms. The first-order valence-corrected chi connectivity index (χ1v) is 6.62. The molecule has 1 rings (SSSR count). The van der Waals surface area contributed by atoms with Crippen LogP contribution in [0.15, 0.2) is 24.3 Å². The predicted molar refractivity (Wildman–Crippen MR) is 70.7 cm³/mol. The number of benzene rings is 1. The molecule has 0 aliphatic rings. The van der Waals surface area contributed by atoms with Crippen LogP contribution in [0.4, 0.5) is 0 Å². The summed E-state index contributed by atoms with van der Waals surface area (Å²) < 4.78 is 0. The molecule has 0 fully saturated rings. The molecule has 84 valence electrons. The number of hydrogen-bond donors (Lipinski definition) is 1. The highest BCUT2D eigenvalue weighted by Gasteiger charge is 2.05. The Labute approximate surface area is 101 Å². The summed E-state index contributed by atoms with van der Waals surface area (Å²) in [5.74, 6) is 1.01. The smallest absolute Gasteiger partial charge is 0.0406 e. The lowest BCUT2D eigenvalue weighted by Gasteiger charge is -2.12. The molecule has 0 heterocycles. The molecule has 0 saturated heterocycles. The zero-order chi connectivity index (χ0) is 11.3. The van der Waals surface area contributed by atoms with E-state index in [0.29, 0.717) is 5.25 Å². The minimum atomic E-state index is 0.235. The van der Waals surface area contributed by atoms with E-state index in [1.807, 2.05) is 36.0 Å². The Kier molecular flexibility index (Phi) is 5.51. The summed E-state index contributed by atoms with van der Waals surface area (Å²) in [6.07, 6.45) is 0.927. The van der Waals surface area contributed by atoms with Gasteiger partial charge in [-0.2, -0.15) is 11.8 Å². The van der Waals surface area contributed by atoms with Gasteiger partial charge in [0.1, 0.15) is 0 Å².